The number of carbonyl (C=O) groups is 3. The average molecular weight is 399 g/mol. The molecule has 1 aliphatic rings. The number of hydrogen-bond donors (Lipinski definition) is 3. The van der Waals surface area contributed by atoms with Crippen LogP contribution in [0.15, 0.2) is 41.0 Å². The molecule has 0 radical (unpaired) electrons. The highest BCUT2D eigenvalue weighted by Gasteiger charge is 2.25. The molecule has 29 heavy (non-hydrogen) atoms. The Morgan fingerprint density at radius 2 is 1.76 bits per heavy atom. The minimum absolute atomic E-state index is 0.0251. The van der Waals surface area contributed by atoms with Gasteiger partial charge in [-0.3, -0.25) is 14.4 Å². The first-order valence-electron chi connectivity index (χ1n) is 9.73. The second kappa shape index (κ2) is 9.38. The van der Waals surface area contributed by atoms with Crippen molar-refractivity contribution < 1.29 is 23.7 Å². The van der Waals surface area contributed by atoms with Crippen LogP contribution in [0, 0.1) is 13.8 Å². The maximum absolute atomic E-state index is 12.4. The lowest BCUT2D eigenvalue weighted by Crippen LogP contribution is -3.15. The van der Waals surface area contributed by atoms with Gasteiger partial charge in [0.15, 0.2) is 12.3 Å². The zero-order chi connectivity index (χ0) is 20.8. The molecule has 8 heteroatoms. The number of hydrogen-bond acceptors (Lipinski definition) is 4. The number of furan rings is 1. The third-order valence-electron chi connectivity index (χ3n) is 5.12. The summed E-state index contributed by atoms with van der Waals surface area (Å²) in [4.78, 5) is 39.4. The van der Waals surface area contributed by atoms with Gasteiger partial charge in [-0.05, 0) is 37.1 Å². The largest absolute Gasteiger partial charge is 0.459 e. The lowest BCUT2D eigenvalue weighted by molar-refractivity contribution is -0.895. The molecule has 0 spiro atoms. The molecule has 1 aromatic carbocycles. The minimum atomic E-state index is -0.407. The maximum atomic E-state index is 12.4. The minimum Gasteiger partial charge on any atom is -0.459 e. The number of rotatable bonds is 6. The molecule has 1 aliphatic heterocycles. The van der Waals surface area contributed by atoms with E-state index in [0.717, 1.165) is 21.7 Å². The summed E-state index contributed by atoms with van der Waals surface area (Å²) >= 11 is 0. The summed E-state index contributed by atoms with van der Waals surface area (Å²) in [6, 6.07) is 9.09. The van der Waals surface area contributed by atoms with Gasteiger partial charge in [0, 0.05) is 5.69 Å². The molecule has 1 fully saturated rings. The van der Waals surface area contributed by atoms with Crippen molar-refractivity contribution in [1.29, 1.82) is 0 Å². The SMILES string of the molecule is Cc1cccc(C)c1NC(=O)C[NH+]1CCN(C(=O)CNC(=O)c2ccco2)CC1. The molecular formula is C21H27N4O4+. The zero-order valence-corrected chi connectivity index (χ0v) is 16.8. The van der Waals surface area contributed by atoms with Crippen LogP contribution in [-0.4, -0.2) is 61.9 Å². The summed E-state index contributed by atoms with van der Waals surface area (Å²) in [5.74, 6) is -0.385. The zero-order valence-electron chi connectivity index (χ0n) is 16.8. The Hall–Kier alpha value is -3.13. The van der Waals surface area contributed by atoms with E-state index in [2.05, 4.69) is 10.6 Å². The van der Waals surface area contributed by atoms with Crippen LogP contribution in [0.3, 0.4) is 0 Å². The van der Waals surface area contributed by atoms with E-state index in [1.54, 1.807) is 17.0 Å². The van der Waals surface area contributed by atoms with Crippen LogP contribution in [0.4, 0.5) is 5.69 Å². The topological polar surface area (TPSA) is 96.1 Å². The fourth-order valence-corrected chi connectivity index (χ4v) is 3.43. The number of quaternary nitrogens is 1. The van der Waals surface area contributed by atoms with E-state index >= 15 is 0 Å². The number of nitrogens with zero attached hydrogens (tertiary/aromatic N) is 1. The first kappa shape index (κ1) is 20.6. The van der Waals surface area contributed by atoms with Crippen molar-refractivity contribution in [2.75, 3.05) is 44.6 Å². The van der Waals surface area contributed by atoms with Gasteiger partial charge in [0.05, 0.1) is 39.0 Å². The van der Waals surface area contributed by atoms with Crippen LogP contribution in [0.2, 0.25) is 0 Å². The summed E-state index contributed by atoms with van der Waals surface area (Å²) in [6.07, 6.45) is 1.41. The Kier molecular flexibility index (Phi) is 6.66. The second-order valence-corrected chi connectivity index (χ2v) is 7.28. The molecule has 1 saturated heterocycles. The van der Waals surface area contributed by atoms with Crippen LogP contribution in [0.1, 0.15) is 21.7 Å². The standard InChI is InChI=1S/C21H26N4O4/c1-15-5-3-6-16(2)20(15)23-18(26)14-24-8-10-25(11-9-24)19(27)13-22-21(28)17-7-4-12-29-17/h3-7,12H,8-11,13-14H2,1-2H3,(H,22,28)(H,23,26)/p+1. The normalized spacial score (nSPS) is 14.5. The van der Waals surface area contributed by atoms with Crippen LogP contribution in [-0.2, 0) is 9.59 Å². The van der Waals surface area contributed by atoms with E-state index in [-0.39, 0.29) is 24.1 Å². The van der Waals surface area contributed by atoms with E-state index in [1.807, 2.05) is 32.0 Å². The number of carbonyl (C=O) groups excluding carboxylic acids is 3. The molecule has 0 unspecified atom stereocenters. The predicted octanol–water partition coefficient (Wildman–Crippen LogP) is -0.00796. The summed E-state index contributed by atoms with van der Waals surface area (Å²) in [5, 5.41) is 5.58. The summed E-state index contributed by atoms with van der Waals surface area (Å²) in [7, 11) is 0. The van der Waals surface area contributed by atoms with Gasteiger partial charge >= 0.3 is 0 Å². The van der Waals surface area contributed by atoms with Crippen LogP contribution >= 0.6 is 0 Å². The molecule has 1 aromatic heterocycles. The molecule has 0 bridgehead atoms. The van der Waals surface area contributed by atoms with Crippen molar-refractivity contribution in [3.8, 4) is 0 Å². The lowest BCUT2D eigenvalue weighted by Gasteiger charge is -2.32. The number of piperazine rings is 1. The van der Waals surface area contributed by atoms with E-state index in [9.17, 15) is 14.4 Å². The summed E-state index contributed by atoms with van der Waals surface area (Å²) in [5.41, 5.74) is 2.96. The number of para-hydroxylation sites is 1. The lowest BCUT2D eigenvalue weighted by atomic mass is 10.1. The number of amides is 3. The highest BCUT2D eigenvalue weighted by Crippen LogP contribution is 2.18. The van der Waals surface area contributed by atoms with Gasteiger partial charge in [-0.25, -0.2) is 0 Å². The Bertz CT molecular complexity index is 851. The Labute approximate surface area is 169 Å². The molecule has 3 N–H and O–H groups in total. The van der Waals surface area contributed by atoms with Crippen molar-refractivity contribution in [2.24, 2.45) is 0 Å². The van der Waals surface area contributed by atoms with Gasteiger partial charge in [-0.1, -0.05) is 18.2 Å². The monoisotopic (exact) mass is 399 g/mol. The molecule has 3 amide bonds. The molecule has 0 saturated carbocycles. The number of anilines is 1. The van der Waals surface area contributed by atoms with E-state index in [4.69, 9.17) is 4.42 Å². The van der Waals surface area contributed by atoms with Crippen molar-refractivity contribution in [3.05, 3.63) is 53.5 Å². The molecule has 0 aliphatic carbocycles. The van der Waals surface area contributed by atoms with Crippen LogP contribution < -0.4 is 15.5 Å². The smallest absolute Gasteiger partial charge is 0.287 e. The molecule has 2 heterocycles. The Morgan fingerprint density at radius 3 is 2.38 bits per heavy atom. The van der Waals surface area contributed by atoms with Gasteiger partial charge in [0.1, 0.15) is 0 Å². The third-order valence-corrected chi connectivity index (χ3v) is 5.12. The van der Waals surface area contributed by atoms with Gasteiger partial charge in [-0.2, -0.15) is 0 Å². The van der Waals surface area contributed by atoms with Crippen molar-refractivity contribution in [3.63, 3.8) is 0 Å². The predicted molar refractivity (Wildman–Crippen MR) is 108 cm³/mol. The van der Waals surface area contributed by atoms with Crippen molar-refractivity contribution in [2.45, 2.75) is 13.8 Å². The Morgan fingerprint density at radius 1 is 1.07 bits per heavy atom. The first-order valence-corrected chi connectivity index (χ1v) is 9.73. The molecule has 2 aromatic rings. The van der Waals surface area contributed by atoms with Crippen LogP contribution in [0.25, 0.3) is 0 Å². The van der Waals surface area contributed by atoms with Gasteiger partial charge in [-0.15, -0.1) is 0 Å². The Balaban J connectivity index is 1.41. The molecular weight excluding hydrogens is 372 g/mol. The van der Waals surface area contributed by atoms with E-state index in [1.165, 1.54) is 6.26 Å². The first-order chi connectivity index (χ1) is 13.9. The van der Waals surface area contributed by atoms with Crippen LogP contribution in [0.5, 0.6) is 0 Å². The van der Waals surface area contributed by atoms with Crippen molar-refractivity contribution in [1.82, 2.24) is 10.2 Å². The highest BCUT2D eigenvalue weighted by molar-refractivity contribution is 5.94. The summed E-state index contributed by atoms with van der Waals surface area (Å²) in [6.45, 7) is 6.75. The van der Waals surface area contributed by atoms with Gasteiger partial charge < -0.3 is 24.9 Å². The average Bonchev–Trinajstić information content (AvgIpc) is 3.24. The summed E-state index contributed by atoms with van der Waals surface area (Å²) < 4.78 is 5.00. The van der Waals surface area contributed by atoms with Gasteiger partial charge in [0.25, 0.3) is 11.8 Å². The fraction of sp³-hybridized carbons (Fsp3) is 0.381. The second-order valence-electron chi connectivity index (χ2n) is 7.28. The molecule has 3 rings (SSSR count). The van der Waals surface area contributed by atoms with Crippen molar-refractivity contribution >= 4 is 23.4 Å². The van der Waals surface area contributed by atoms with E-state index in [0.29, 0.717) is 32.7 Å². The number of benzene rings is 1. The highest BCUT2D eigenvalue weighted by atomic mass is 16.3. The molecule has 8 nitrogen and oxygen atoms in total. The molecule has 154 valence electrons. The molecule has 0 atom stereocenters. The fourth-order valence-electron chi connectivity index (χ4n) is 3.43. The third kappa shape index (κ3) is 5.45. The number of aryl methyl sites for hydroxylation is 2. The van der Waals surface area contributed by atoms with Gasteiger partial charge in [0.2, 0.25) is 5.91 Å². The maximum Gasteiger partial charge on any atom is 0.287 e. The quantitative estimate of drug-likeness (QED) is 0.637. The van der Waals surface area contributed by atoms with E-state index < -0.39 is 5.91 Å². The number of nitrogens with one attached hydrogen (secondary N) is 3.